The number of aliphatic hydroxyl groups excluding tert-OH is 11. The van der Waals surface area contributed by atoms with Crippen molar-refractivity contribution >= 4 is 5.91 Å². The highest BCUT2D eigenvalue weighted by molar-refractivity contribution is 5.76. The second-order valence-electron chi connectivity index (χ2n) is 27.8. The molecule has 3 rings (SSSR count). The lowest BCUT2D eigenvalue weighted by Crippen LogP contribution is -2.66. The molecule has 19 nitrogen and oxygen atoms in total. The lowest BCUT2D eigenvalue weighted by atomic mass is 9.96. The van der Waals surface area contributed by atoms with Gasteiger partial charge in [0.25, 0.3) is 0 Å². The molecule has 3 aliphatic heterocycles. The van der Waals surface area contributed by atoms with Crippen LogP contribution in [0.15, 0.2) is 24.3 Å². The Morgan fingerprint density at radius 1 is 0.383 bits per heavy atom. The third kappa shape index (κ3) is 37.6. The Labute approximate surface area is 568 Å². The van der Waals surface area contributed by atoms with E-state index in [0.29, 0.717) is 12.8 Å². The zero-order valence-electron chi connectivity index (χ0n) is 59.0. The summed E-state index contributed by atoms with van der Waals surface area (Å²) in [6.07, 6.45) is 39.9. The molecule has 0 bridgehead atoms. The van der Waals surface area contributed by atoms with E-state index in [9.17, 15) is 61.0 Å². The first-order valence-corrected chi connectivity index (χ1v) is 38.6. The number of unbranched alkanes of at least 4 members (excludes halogenated alkanes) is 41. The van der Waals surface area contributed by atoms with Gasteiger partial charge in [0, 0.05) is 6.42 Å². The number of hydrogen-bond acceptors (Lipinski definition) is 18. The smallest absolute Gasteiger partial charge is 0.220 e. The summed E-state index contributed by atoms with van der Waals surface area (Å²) in [5, 5.41) is 121. The first-order chi connectivity index (χ1) is 45.8. The van der Waals surface area contributed by atoms with Crippen molar-refractivity contribution in [1.29, 1.82) is 0 Å². The molecule has 1 amide bonds. The molecule has 0 aliphatic carbocycles. The second-order valence-corrected chi connectivity index (χ2v) is 27.8. The molecule has 94 heavy (non-hydrogen) atoms. The van der Waals surface area contributed by atoms with E-state index in [1.807, 2.05) is 0 Å². The Morgan fingerprint density at radius 2 is 0.702 bits per heavy atom. The third-order valence-electron chi connectivity index (χ3n) is 19.5. The summed E-state index contributed by atoms with van der Waals surface area (Å²) in [7, 11) is 0. The summed E-state index contributed by atoms with van der Waals surface area (Å²) in [5.74, 6) is -0.247. The minimum atomic E-state index is -1.97. The van der Waals surface area contributed by atoms with E-state index in [0.717, 1.165) is 77.0 Å². The number of carbonyl (C=O) groups excluding carboxylic acids is 1. The number of allylic oxidation sites excluding steroid dienone is 4. The van der Waals surface area contributed by atoms with E-state index in [2.05, 4.69) is 43.5 Å². The van der Waals surface area contributed by atoms with Gasteiger partial charge in [-0.05, 0) is 44.9 Å². The zero-order valence-corrected chi connectivity index (χ0v) is 59.0. The Morgan fingerprint density at radius 3 is 1.11 bits per heavy atom. The van der Waals surface area contributed by atoms with Crippen LogP contribution in [-0.2, 0) is 33.2 Å². The molecule has 3 saturated heterocycles. The van der Waals surface area contributed by atoms with E-state index < -0.39 is 124 Å². The van der Waals surface area contributed by atoms with E-state index in [4.69, 9.17) is 28.4 Å². The molecular formula is C75H141NO18. The van der Waals surface area contributed by atoms with Gasteiger partial charge < -0.3 is 89.9 Å². The van der Waals surface area contributed by atoms with Crippen molar-refractivity contribution in [1.82, 2.24) is 5.32 Å². The average Bonchev–Trinajstić information content (AvgIpc) is 0.787. The highest BCUT2D eigenvalue weighted by Crippen LogP contribution is 2.33. The van der Waals surface area contributed by atoms with Crippen molar-refractivity contribution in [3.8, 4) is 0 Å². The lowest BCUT2D eigenvalue weighted by Gasteiger charge is -2.48. The molecule has 3 aliphatic rings. The van der Waals surface area contributed by atoms with Crippen molar-refractivity contribution in [3.05, 3.63) is 24.3 Å². The number of amides is 1. The molecular weight excluding hydrogens is 1200 g/mol. The molecule has 554 valence electrons. The number of ether oxygens (including phenoxy) is 6. The van der Waals surface area contributed by atoms with Crippen LogP contribution in [0.1, 0.15) is 316 Å². The van der Waals surface area contributed by atoms with E-state index in [1.165, 1.54) is 205 Å². The van der Waals surface area contributed by atoms with Crippen LogP contribution in [0.25, 0.3) is 0 Å². The summed E-state index contributed by atoms with van der Waals surface area (Å²) in [6.45, 7) is 1.81. The molecule has 3 fully saturated rings. The first-order valence-electron chi connectivity index (χ1n) is 38.6. The predicted octanol–water partition coefficient (Wildman–Crippen LogP) is 11.8. The molecule has 19 heteroatoms. The number of aliphatic hydroxyl groups is 11. The van der Waals surface area contributed by atoms with Gasteiger partial charge in [0.2, 0.25) is 5.91 Å². The molecule has 17 unspecified atom stereocenters. The normalized spacial score (nSPS) is 27.4. The largest absolute Gasteiger partial charge is 0.394 e. The van der Waals surface area contributed by atoms with Gasteiger partial charge in [-0.25, -0.2) is 0 Å². The van der Waals surface area contributed by atoms with Crippen molar-refractivity contribution < 1.29 is 89.4 Å². The van der Waals surface area contributed by atoms with Crippen LogP contribution in [0, 0.1) is 0 Å². The molecule has 0 radical (unpaired) electrons. The van der Waals surface area contributed by atoms with Crippen LogP contribution >= 0.6 is 0 Å². The van der Waals surface area contributed by atoms with Gasteiger partial charge in [-0.3, -0.25) is 4.79 Å². The van der Waals surface area contributed by atoms with Crippen LogP contribution in [0.4, 0.5) is 0 Å². The highest BCUT2D eigenvalue weighted by atomic mass is 16.8. The van der Waals surface area contributed by atoms with Crippen LogP contribution in [-0.4, -0.2) is 193 Å². The number of nitrogens with one attached hydrogen (secondary N) is 1. The molecule has 0 aromatic carbocycles. The molecule has 12 N–H and O–H groups in total. The van der Waals surface area contributed by atoms with Crippen molar-refractivity contribution in [2.24, 2.45) is 0 Å². The molecule has 3 heterocycles. The lowest BCUT2D eigenvalue weighted by molar-refractivity contribution is -0.379. The number of carbonyl (C=O) groups is 1. The topological polar surface area (TPSA) is 307 Å². The minimum Gasteiger partial charge on any atom is -0.394 e. The third-order valence-corrected chi connectivity index (χ3v) is 19.5. The summed E-state index contributed by atoms with van der Waals surface area (Å²) < 4.78 is 34.5. The highest BCUT2D eigenvalue weighted by Gasteiger charge is 2.53. The van der Waals surface area contributed by atoms with Gasteiger partial charge in [0.15, 0.2) is 18.9 Å². The molecule has 0 saturated carbocycles. The monoisotopic (exact) mass is 1340 g/mol. The van der Waals surface area contributed by atoms with E-state index in [1.54, 1.807) is 0 Å². The Bertz CT molecular complexity index is 1800. The van der Waals surface area contributed by atoms with Gasteiger partial charge in [-0.1, -0.05) is 289 Å². The predicted molar refractivity (Wildman–Crippen MR) is 370 cm³/mol. The summed E-state index contributed by atoms with van der Waals surface area (Å²) in [4.78, 5) is 13.4. The minimum absolute atomic E-state index is 0.247. The molecule has 17 atom stereocenters. The molecule has 0 spiro atoms. The van der Waals surface area contributed by atoms with E-state index in [-0.39, 0.29) is 18.9 Å². The quantitative estimate of drug-likeness (QED) is 0.0199. The maximum Gasteiger partial charge on any atom is 0.220 e. The maximum atomic E-state index is 13.4. The van der Waals surface area contributed by atoms with Crippen LogP contribution in [0.3, 0.4) is 0 Å². The van der Waals surface area contributed by atoms with Gasteiger partial charge in [0.1, 0.15) is 73.2 Å². The average molecular weight is 1340 g/mol. The fourth-order valence-corrected chi connectivity index (χ4v) is 13.3. The second kappa shape index (κ2) is 57.0. The Hall–Kier alpha value is -1.73. The summed E-state index contributed by atoms with van der Waals surface area (Å²) >= 11 is 0. The fourth-order valence-electron chi connectivity index (χ4n) is 13.3. The van der Waals surface area contributed by atoms with Gasteiger partial charge >= 0.3 is 0 Å². The Kier molecular flexibility index (Phi) is 52.4. The standard InChI is InChI=1S/C75H141NO18/c1-3-5-7-9-11-13-15-17-19-21-22-23-24-25-26-27-28-29-30-31-32-33-34-35-37-38-40-42-44-46-48-50-52-59(80)58(76-63(81)53-51-49-47-45-43-41-39-36-20-18-16-14-12-10-8-6-4-2)57-89-73-69(87)66(84)71(61(55-78)91-73)94-75-70(88)67(85)72(62(56-79)92-75)93-74-68(86)65(83)64(82)60(54-77)90-74/h12,14,18,20,58-62,64-75,77-80,82-88H,3-11,13,15-17,19,21-57H2,1-2H3,(H,76,81)/b14-12-,20-18-. The van der Waals surface area contributed by atoms with Crippen LogP contribution in [0.2, 0.25) is 0 Å². The van der Waals surface area contributed by atoms with Crippen molar-refractivity contribution in [3.63, 3.8) is 0 Å². The SMILES string of the molecule is CCCCC/C=C\C/C=C\CCCCCCCCCC(=O)NC(COC1OC(CO)C(OC2OC(CO)C(OC3OC(CO)C(O)C(O)C3O)C(O)C2O)C(O)C1O)C(O)CCCCCCCCCCCCCCCCCCCCCCCCCCCCCCCCCC. The number of rotatable bonds is 61. The van der Waals surface area contributed by atoms with Gasteiger partial charge in [-0.2, -0.15) is 0 Å². The Balaban J connectivity index is 1.36. The zero-order chi connectivity index (χ0) is 68.2. The van der Waals surface area contributed by atoms with Crippen LogP contribution in [0.5, 0.6) is 0 Å². The number of hydrogen-bond donors (Lipinski definition) is 12. The summed E-state index contributed by atoms with van der Waals surface area (Å²) in [6, 6.07) is -0.892. The van der Waals surface area contributed by atoms with Crippen LogP contribution < -0.4 is 5.32 Å². The van der Waals surface area contributed by atoms with Crippen molar-refractivity contribution in [2.45, 2.75) is 420 Å². The van der Waals surface area contributed by atoms with Gasteiger partial charge in [0.05, 0.1) is 38.6 Å². The first kappa shape index (κ1) is 86.5. The van der Waals surface area contributed by atoms with Crippen molar-refractivity contribution in [2.75, 3.05) is 26.4 Å². The van der Waals surface area contributed by atoms with E-state index >= 15 is 0 Å². The fraction of sp³-hybridized carbons (Fsp3) is 0.933. The maximum absolute atomic E-state index is 13.4. The molecule has 0 aromatic heterocycles. The summed E-state index contributed by atoms with van der Waals surface area (Å²) in [5.41, 5.74) is 0. The van der Waals surface area contributed by atoms with Gasteiger partial charge in [-0.15, -0.1) is 0 Å². The molecule has 0 aromatic rings.